The Morgan fingerprint density at radius 2 is 2.25 bits per heavy atom. The van der Waals surface area contributed by atoms with Gasteiger partial charge in [0.2, 0.25) is 0 Å². The van der Waals surface area contributed by atoms with Crippen LogP contribution in [0.2, 0.25) is 0 Å². The Morgan fingerprint density at radius 3 is 2.25 bits per heavy atom. The molecule has 0 aromatic heterocycles. The summed E-state index contributed by atoms with van der Waals surface area (Å²) in [4.78, 5) is 0. The van der Waals surface area contributed by atoms with E-state index < -0.39 is 0 Å². The highest BCUT2D eigenvalue weighted by molar-refractivity contribution is 5.12. The Labute approximate surface area is 25.9 Å². The topological polar surface area (TPSA) is 11.3 Å². The van der Waals surface area contributed by atoms with Crippen molar-refractivity contribution < 1.29 is 4.42 Å². The molecule has 0 amide bonds. The van der Waals surface area contributed by atoms with Gasteiger partial charge in [-0.15, -0.1) is 0 Å². The van der Waals surface area contributed by atoms with Crippen molar-refractivity contribution in [1.29, 1.82) is 0 Å². The standard InChI is InChI=1S/C3H7O/c1-3-4-2/h2-3H2,1H3/q+1. The lowest BCUT2D eigenvalue weighted by Crippen LogP contribution is -1.65. The van der Waals surface area contributed by atoms with Gasteiger partial charge in [0.1, 0.15) is 0 Å². The molecule has 0 aromatic rings. The highest BCUT2D eigenvalue weighted by Crippen LogP contribution is 1.40. The van der Waals surface area contributed by atoms with Crippen molar-refractivity contribution >= 4 is 6.79 Å². The molecule has 0 atom stereocenters. The van der Waals surface area contributed by atoms with Crippen LogP contribution in [0, 0.1) is 0 Å². The first kappa shape index (κ1) is 3.67. The molecule has 0 unspecified atom stereocenters. The van der Waals surface area contributed by atoms with E-state index in [0.717, 1.165) is 0 Å². The maximum atomic E-state index is 4.29. The third kappa shape index (κ3) is 1.67. The van der Waals surface area contributed by atoms with Crippen LogP contribution < -0.4 is 0 Å². The van der Waals surface area contributed by atoms with E-state index in [0.29, 0.717) is 6.61 Å². The fourth-order valence-electron chi connectivity index (χ4n) is 0. The third-order valence-electron chi connectivity index (χ3n) is 0.204. The fraction of sp³-hybridized carbons (Fsp3) is 0.667. The molecule has 0 heterocycles. The Kier molecular flexibility index (Phi) is 2.45. The van der Waals surface area contributed by atoms with Crippen LogP contribution in [-0.2, 0) is 4.42 Å². The Hall–Kier alpha value is -0.330. The summed E-state index contributed by atoms with van der Waals surface area (Å²) in [6.45, 7) is 5.71. The minimum absolute atomic E-state index is 0.708. The first-order chi connectivity index (χ1) is 1.91. The second-order valence-electron chi connectivity index (χ2n) is 0.493. The van der Waals surface area contributed by atoms with E-state index >= 15 is 0 Å². The molecule has 0 aliphatic rings. The monoisotopic (exact) mass is 59.0 g/mol. The summed E-state index contributed by atoms with van der Waals surface area (Å²) in [5.41, 5.74) is 0. The van der Waals surface area contributed by atoms with Gasteiger partial charge in [0.25, 0.3) is 13.4 Å². The van der Waals surface area contributed by atoms with Gasteiger partial charge in [0.15, 0.2) is 0 Å². The molecular weight excluding hydrogens is 52.0 g/mol. The van der Waals surface area contributed by atoms with Crippen molar-refractivity contribution in [3.8, 4) is 0 Å². The van der Waals surface area contributed by atoms with E-state index in [4.69, 9.17) is 0 Å². The van der Waals surface area contributed by atoms with E-state index in [1.54, 1.807) is 0 Å². The molecule has 0 aliphatic heterocycles. The fourth-order valence-corrected chi connectivity index (χ4v) is 0. The normalized spacial score (nSPS) is 6.25. The summed E-state index contributed by atoms with van der Waals surface area (Å²) in [5.74, 6) is 0. The molecule has 0 bridgehead atoms. The van der Waals surface area contributed by atoms with E-state index in [1.165, 1.54) is 0 Å². The lowest BCUT2D eigenvalue weighted by molar-refractivity contribution is -0.442. The predicted molar refractivity (Wildman–Crippen MR) is 17.7 cm³/mol. The molecule has 4 heavy (non-hydrogen) atoms. The average molecular weight is 59.1 g/mol. The van der Waals surface area contributed by atoms with Crippen LogP contribution in [0.1, 0.15) is 6.92 Å². The van der Waals surface area contributed by atoms with Crippen LogP contribution in [0.4, 0.5) is 0 Å². The quantitative estimate of drug-likeness (QED) is 0.387. The number of hydrogen-bond acceptors (Lipinski definition) is 0. The summed E-state index contributed by atoms with van der Waals surface area (Å²) < 4.78 is 4.29. The number of hydrogen-bond donors (Lipinski definition) is 0. The zero-order chi connectivity index (χ0) is 3.41. The van der Waals surface area contributed by atoms with Gasteiger partial charge in [-0.2, -0.15) is 0 Å². The molecule has 0 radical (unpaired) electrons. The minimum atomic E-state index is 0.708. The van der Waals surface area contributed by atoms with Gasteiger partial charge in [-0.05, 0) is 0 Å². The van der Waals surface area contributed by atoms with Gasteiger partial charge >= 0.3 is 0 Å². The molecule has 0 saturated heterocycles. The maximum Gasteiger partial charge on any atom is 0.273 e. The van der Waals surface area contributed by atoms with Gasteiger partial charge < -0.3 is 0 Å². The molecule has 0 spiro atoms. The van der Waals surface area contributed by atoms with Crippen molar-refractivity contribution in [2.75, 3.05) is 6.61 Å². The van der Waals surface area contributed by atoms with Crippen LogP contribution in [0.5, 0.6) is 0 Å². The average Bonchev–Trinajstić information content (AvgIpc) is 1.37. The first-order valence-electron chi connectivity index (χ1n) is 1.28. The molecule has 0 aromatic carbocycles. The second kappa shape index (κ2) is 2.67. The molecule has 0 saturated carbocycles. The summed E-state index contributed by atoms with van der Waals surface area (Å²) >= 11 is 0. The van der Waals surface area contributed by atoms with Crippen LogP contribution in [0.3, 0.4) is 0 Å². The van der Waals surface area contributed by atoms with Gasteiger partial charge in [-0.1, -0.05) is 0 Å². The van der Waals surface area contributed by atoms with Crippen molar-refractivity contribution in [2.24, 2.45) is 0 Å². The third-order valence-corrected chi connectivity index (χ3v) is 0.204. The molecular formula is C3H7O+. The van der Waals surface area contributed by atoms with E-state index in [2.05, 4.69) is 11.2 Å². The molecule has 0 aliphatic carbocycles. The highest BCUT2D eigenvalue weighted by Gasteiger charge is 1.58. The van der Waals surface area contributed by atoms with E-state index in [-0.39, 0.29) is 0 Å². The van der Waals surface area contributed by atoms with Crippen LogP contribution >= 0.6 is 0 Å². The summed E-state index contributed by atoms with van der Waals surface area (Å²) in [5, 5.41) is 0. The minimum Gasteiger partial charge on any atom is -0.271 e. The molecule has 0 N–H and O–H groups in total. The van der Waals surface area contributed by atoms with E-state index in [1.807, 2.05) is 6.92 Å². The number of carbonyl (C=O) groups excluding carboxylic acids is 1. The smallest absolute Gasteiger partial charge is 0.271 e. The van der Waals surface area contributed by atoms with Crippen LogP contribution in [0.25, 0.3) is 0 Å². The maximum absolute atomic E-state index is 4.29. The zero-order valence-electron chi connectivity index (χ0n) is 2.82. The first-order valence-corrected chi connectivity index (χ1v) is 1.28. The summed E-state index contributed by atoms with van der Waals surface area (Å²) in [6.07, 6.45) is 0. The zero-order valence-corrected chi connectivity index (χ0v) is 2.82. The lowest BCUT2D eigenvalue weighted by Gasteiger charge is -1.48. The van der Waals surface area contributed by atoms with Crippen molar-refractivity contribution in [3.05, 3.63) is 0 Å². The Balaban J connectivity index is 2.30. The van der Waals surface area contributed by atoms with Gasteiger partial charge in [-0.3, -0.25) is 4.42 Å². The molecule has 0 rings (SSSR count). The van der Waals surface area contributed by atoms with Crippen LogP contribution in [-0.4, -0.2) is 13.4 Å². The SMILES string of the molecule is C=[O+]CC. The van der Waals surface area contributed by atoms with Gasteiger partial charge in [0.05, 0.1) is 0 Å². The molecule has 24 valence electrons. The van der Waals surface area contributed by atoms with E-state index in [9.17, 15) is 0 Å². The lowest BCUT2D eigenvalue weighted by atomic mass is 10.9. The second-order valence-corrected chi connectivity index (χ2v) is 0.493. The highest BCUT2D eigenvalue weighted by atomic mass is 16.4. The molecule has 1 nitrogen and oxygen atoms in total. The van der Waals surface area contributed by atoms with Crippen molar-refractivity contribution in [1.82, 2.24) is 0 Å². The van der Waals surface area contributed by atoms with Crippen molar-refractivity contribution in [3.63, 3.8) is 0 Å². The molecule has 0 fully saturated rings. The van der Waals surface area contributed by atoms with Crippen LogP contribution in [0.15, 0.2) is 0 Å². The van der Waals surface area contributed by atoms with Crippen molar-refractivity contribution in [2.45, 2.75) is 6.92 Å². The summed E-state index contributed by atoms with van der Waals surface area (Å²) in [6, 6.07) is 0. The summed E-state index contributed by atoms with van der Waals surface area (Å²) in [7, 11) is 0. The predicted octanol–water partition coefficient (Wildman–Crippen LogP) is 0.371. The molecule has 1 heteroatoms. The largest absolute Gasteiger partial charge is 0.273 e. The number of rotatable bonds is 1. The Morgan fingerprint density at radius 1 is 2.00 bits per heavy atom. The Bertz CT molecular complexity index is 17.2. The van der Waals surface area contributed by atoms with Gasteiger partial charge in [-0.25, -0.2) is 0 Å². The van der Waals surface area contributed by atoms with Gasteiger partial charge in [0, 0.05) is 6.92 Å².